The molecule has 1 aliphatic rings. The lowest BCUT2D eigenvalue weighted by Gasteiger charge is -2.30. The summed E-state index contributed by atoms with van der Waals surface area (Å²) in [4.78, 5) is 14.2. The van der Waals surface area contributed by atoms with Crippen LogP contribution in [0.1, 0.15) is 17.5 Å². The molecule has 1 heterocycles. The maximum absolute atomic E-state index is 12.5. The van der Waals surface area contributed by atoms with Crippen LogP contribution in [0.2, 0.25) is 0 Å². The van der Waals surface area contributed by atoms with Crippen molar-refractivity contribution in [1.82, 2.24) is 0 Å². The van der Waals surface area contributed by atoms with E-state index in [0.717, 1.165) is 24.0 Å². The van der Waals surface area contributed by atoms with Crippen LogP contribution < -0.4 is 4.90 Å². The molecule has 20 heavy (non-hydrogen) atoms. The standard InChI is InChI=1S/C17H17NO2/c19-15-10-4-8-14-9-5-11-18(17(14)15)16(20)12-13-6-2-1-3-7-13/h1-4,6-8,10,19H,5,9,11-12H2. The van der Waals surface area contributed by atoms with E-state index in [1.807, 2.05) is 42.5 Å². The summed E-state index contributed by atoms with van der Waals surface area (Å²) < 4.78 is 0. The summed E-state index contributed by atoms with van der Waals surface area (Å²) in [5.74, 6) is 0.238. The number of amides is 1. The van der Waals surface area contributed by atoms with Crippen LogP contribution in [0.5, 0.6) is 5.75 Å². The van der Waals surface area contributed by atoms with E-state index < -0.39 is 0 Å². The van der Waals surface area contributed by atoms with Gasteiger partial charge in [0.05, 0.1) is 12.1 Å². The zero-order valence-corrected chi connectivity index (χ0v) is 11.2. The third-order valence-electron chi connectivity index (χ3n) is 3.70. The largest absolute Gasteiger partial charge is 0.506 e. The minimum absolute atomic E-state index is 0.0404. The summed E-state index contributed by atoms with van der Waals surface area (Å²) in [7, 11) is 0. The van der Waals surface area contributed by atoms with Crippen molar-refractivity contribution < 1.29 is 9.90 Å². The van der Waals surface area contributed by atoms with E-state index in [1.165, 1.54) is 0 Å². The molecule has 3 rings (SSSR count). The van der Waals surface area contributed by atoms with Gasteiger partial charge >= 0.3 is 0 Å². The van der Waals surface area contributed by atoms with Crippen molar-refractivity contribution in [2.45, 2.75) is 19.3 Å². The summed E-state index contributed by atoms with van der Waals surface area (Å²) in [6, 6.07) is 15.2. The molecule has 0 fully saturated rings. The Morgan fingerprint density at radius 1 is 1.10 bits per heavy atom. The van der Waals surface area contributed by atoms with Crippen molar-refractivity contribution in [3.05, 3.63) is 59.7 Å². The maximum Gasteiger partial charge on any atom is 0.231 e. The number of carbonyl (C=O) groups excluding carboxylic acids is 1. The predicted octanol–water partition coefficient (Wildman–Crippen LogP) is 2.91. The van der Waals surface area contributed by atoms with Gasteiger partial charge in [-0.15, -0.1) is 0 Å². The molecule has 2 aromatic rings. The number of aromatic hydroxyl groups is 1. The first-order valence-corrected chi connectivity index (χ1v) is 6.91. The van der Waals surface area contributed by atoms with Crippen LogP contribution in [-0.2, 0) is 17.6 Å². The topological polar surface area (TPSA) is 40.5 Å². The van der Waals surface area contributed by atoms with E-state index in [2.05, 4.69) is 0 Å². The van der Waals surface area contributed by atoms with E-state index in [-0.39, 0.29) is 11.7 Å². The molecule has 0 saturated heterocycles. The Bertz CT molecular complexity index is 622. The number of anilines is 1. The first-order valence-electron chi connectivity index (χ1n) is 6.91. The molecule has 2 aromatic carbocycles. The highest BCUT2D eigenvalue weighted by Gasteiger charge is 2.25. The van der Waals surface area contributed by atoms with Crippen molar-refractivity contribution in [3.8, 4) is 5.75 Å². The van der Waals surface area contributed by atoms with Gasteiger partial charge in [-0.2, -0.15) is 0 Å². The summed E-state index contributed by atoms with van der Waals surface area (Å²) in [5.41, 5.74) is 2.75. The van der Waals surface area contributed by atoms with Crippen LogP contribution in [0.3, 0.4) is 0 Å². The zero-order chi connectivity index (χ0) is 13.9. The van der Waals surface area contributed by atoms with Crippen LogP contribution in [0.4, 0.5) is 5.69 Å². The van der Waals surface area contributed by atoms with Gasteiger partial charge in [-0.3, -0.25) is 4.79 Å². The molecule has 0 saturated carbocycles. The molecular formula is C17H17NO2. The second kappa shape index (κ2) is 5.37. The Hall–Kier alpha value is -2.29. The Morgan fingerprint density at radius 2 is 1.90 bits per heavy atom. The zero-order valence-electron chi connectivity index (χ0n) is 11.2. The fourth-order valence-corrected chi connectivity index (χ4v) is 2.75. The number of phenolic OH excluding ortho intramolecular Hbond substituents is 1. The molecule has 1 N–H and O–H groups in total. The quantitative estimate of drug-likeness (QED) is 0.909. The first-order chi connectivity index (χ1) is 9.75. The number of carbonyl (C=O) groups is 1. The van der Waals surface area contributed by atoms with E-state index in [1.54, 1.807) is 11.0 Å². The highest BCUT2D eigenvalue weighted by molar-refractivity contribution is 5.97. The van der Waals surface area contributed by atoms with Gasteiger partial charge in [0, 0.05) is 6.54 Å². The summed E-state index contributed by atoms with van der Waals surface area (Å²) in [5, 5.41) is 10.0. The third-order valence-corrected chi connectivity index (χ3v) is 3.70. The number of rotatable bonds is 2. The Kier molecular flexibility index (Phi) is 3.42. The highest BCUT2D eigenvalue weighted by atomic mass is 16.3. The minimum atomic E-state index is 0.0404. The maximum atomic E-state index is 12.5. The first kappa shape index (κ1) is 12.7. The lowest BCUT2D eigenvalue weighted by molar-refractivity contribution is -0.118. The average Bonchev–Trinajstić information content (AvgIpc) is 2.48. The molecule has 0 bridgehead atoms. The summed E-state index contributed by atoms with van der Waals surface area (Å²) >= 11 is 0. The highest BCUT2D eigenvalue weighted by Crippen LogP contribution is 2.35. The molecule has 0 aromatic heterocycles. The van der Waals surface area contributed by atoms with Crippen LogP contribution in [0.25, 0.3) is 0 Å². The number of benzene rings is 2. The second-order valence-corrected chi connectivity index (χ2v) is 5.10. The van der Waals surface area contributed by atoms with Gasteiger partial charge in [0.1, 0.15) is 5.75 Å². The van der Waals surface area contributed by atoms with Gasteiger partial charge in [-0.25, -0.2) is 0 Å². The number of hydrogen-bond acceptors (Lipinski definition) is 2. The van der Waals surface area contributed by atoms with Crippen LogP contribution >= 0.6 is 0 Å². The van der Waals surface area contributed by atoms with E-state index in [0.29, 0.717) is 18.7 Å². The predicted molar refractivity (Wildman–Crippen MR) is 78.9 cm³/mol. The minimum Gasteiger partial charge on any atom is -0.506 e. The molecule has 0 atom stereocenters. The van der Waals surface area contributed by atoms with Gasteiger partial charge in [0.25, 0.3) is 0 Å². The second-order valence-electron chi connectivity index (χ2n) is 5.10. The number of para-hydroxylation sites is 1. The smallest absolute Gasteiger partial charge is 0.231 e. The lowest BCUT2D eigenvalue weighted by Crippen LogP contribution is -2.36. The normalized spacial score (nSPS) is 13.9. The lowest BCUT2D eigenvalue weighted by atomic mass is 10.00. The van der Waals surface area contributed by atoms with E-state index in [4.69, 9.17) is 0 Å². The van der Waals surface area contributed by atoms with E-state index >= 15 is 0 Å². The molecule has 3 heteroatoms. The molecule has 0 spiro atoms. The summed E-state index contributed by atoms with van der Waals surface area (Å²) in [6.07, 6.45) is 2.23. The van der Waals surface area contributed by atoms with Gasteiger partial charge in [-0.1, -0.05) is 42.5 Å². The number of phenols is 1. The molecule has 1 amide bonds. The third kappa shape index (κ3) is 2.39. The van der Waals surface area contributed by atoms with Crippen LogP contribution in [-0.4, -0.2) is 17.6 Å². The van der Waals surface area contributed by atoms with Crippen molar-refractivity contribution in [2.24, 2.45) is 0 Å². The fraction of sp³-hybridized carbons (Fsp3) is 0.235. The Balaban J connectivity index is 1.87. The van der Waals surface area contributed by atoms with Crippen LogP contribution in [0, 0.1) is 0 Å². The SMILES string of the molecule is O=C(Cc1ccccc1)N1CCCc2cccc(O)c21. The average molecular weight is 267 g/mol. The van der Waals surface area contributed by atoms with Gasteiger partial charge in [0.15, 0.2) is 0 Å². The molecule has 1 aliphatic heterocycles. The number of fused-ring (bicyclic) bond motifs is 1. The van der Waals surface area contributed by atoms with Gasteiger partial charge in [-0.05, 0) is 30.0 Å². The molecule has 102 valence electrons. The Morgan fingerprint density at radius 3 is 2.70 bits per heavy atom. The molecular weight excluding hydrogens is 250 g/mol. The molecule has 0 aliphatic carbocycles. The van der Waals surface area contributed by atoms with Crippen molar-refractivity contribution in [3.63, 3.8) is 0 Å². The van der Waals surface area contributed by atoms with Gasteiger partial charge < -0.3 is 10.0 Å². The summed E-state index contributed by atoms with van der Waals surface area (Å²) in [6.45, 7) is 0.677. The monoisotopic (exact) mass is 267 g/mol. The molecule has 0 unspecified atom stereocenters. The van der Waals surface area contributed by atoms with Gasteiger partial charge in [0.2, 0.25) is 5.91 Å². The number of aryl methyl sites for hydroxylation is 1. The van der Waals surface area contributed by atoms with Crippen molar-refractivity contribution in [2.75, 3.05) is 11.4 Å². The number of hydrogen-bond donors (Lipinski definition) is 1. The van der Waals surface area contributed by atoms with E-state index in [9.17, 15) is 9.90 Å². The molecule has 0 radical (unpaired) electrons. The van der Waals surface area contributed by atoms with Crippen LogP contribution in [0.15, 0.2) is 48.5 Å². The molecule has 3 nitrogen and oxygen atoms in total. The fourth-order valence-electron chi connectivity index (χ4n) is 2.75. The Labute approximate surface area is 118 Å². The van der Waals surface area contributed by atoms with Crippen molar-refractivity contribution >= 4 is 11.6 Å². The number of nitrogens with zero attached hydrogens (tertiary/aromatic N) is 1. The van der Waals surface area contributed by atoms with Crippen molar-refractivity contribution in [1.29, 1.82) is 0 Å².